The van der Waals surface area contributed by atoms with E-state index in [4.69, 9.17) is 10.5 Å². The number of aromatic nitrogens is 1. The van der Waals surface area contributed by atoms with Crippen molar-refractivity contribution >= 4 is 39.4 Å². The van der Waals surface area contributed by atoms with Crippen LogP contribution >= 0.6 is 15.9 Å². The largest absolute Gasteiger partial charge is 0.444 e. The number of hydrogen-bond acceptors (Lipinski definition) is 5. The Labute approximate surface area is 143 Å². The first-order valence-electron chi connectivity index (χ1n) is 7.39. The van der Waals surface area contributed by atoms with Crippen LogP contribution in [-0.2, 0) is 9.53 Å². The molecule has 1 aromatic rings. The van der Waals surface area contributed by atoms with Gasteiger partial charge in [0.15, 0.2) is 0 Å². The molecule has 1 fully saturated rings. The van der Waals surface area contributed by atoms with Gasteiger partial charge in [-0.2, -0.15) is 0 Å². The maximum Gasteiger partial charge on any atom is 0.410 e. The van der Waals surface area contributed by atoms with Crippen molar-refractivity contribution in [2.45, 2.75) is 45.3 Å². The smallest absolute Gasteiger partial charge is 0.410 e. The number of likely N-dealkylation sites (tertiary alicyclic amines) is 1. The molecule has 2 rings (SSSR count). The number of nitrogens with two attached hydrogens (primary N) is 1. The molecule has 0 radical (unpaired) electrons. The monoisotopic (exact) mass is 384 g/mol. The Morgan fingerprint density at radius 3 is 2.83 bits per heavy atom. The topological polar surface area (TPSA) is 97.5 Å². The molecule has 1 atom stereocenters. The molecule has 23 heavy (non-hydrogen) atoms. The summed E-state index contributed by atoms with van der Waals surface area (Å²) in [7, 11) is 0. The summed E-state index contributed by atoms with van der Waals surface area (Å²) in [6, 6.07) is 1.11. The Hall–Kier alpha value is -1.83. The number of amides is 2. The van der Waals surface area contributed by atoms with Crippen molar-refractivity contribution in [2.24, 2.45) is 0 Å². The van der Waals surface area contributed by atoms with Crippen LogP contribution in [0.2, 0.25) is 0 Å². The van der Waals surface area contributed by atoms with Gasteiger partial charge in [-0.1, -0.05) is 0 Å². The third kappa shape index (κ3) is 4.57. The second-order valence-electron chi connectivity index (χ2n) is 6.41. The van der Waals surface area contributed by atoms with E-state index in [1.165, 1.54) is 4.90 Å². The Balaban J connectivity index is 2.08. The molecule has 1 aliphatic heterocycles. The van der Waals surface area contributed by atoms with Crippen LogP contribution < -0.4 is 11.1 Å². The number of halogens is 1. The summed E-state index contributed by atoms with van der Waals surface area (Å²) in [5.41, 5.74) is 5.58. The lowest BCUT2D eigenvalue weighted by Gasteiger charge is -2.28. The van der Waals surface area contributed by atoms with Crippen LogP contribution in [0.1, 0.15) is 33.6 Å². The summed E-state index contributed by atoms with van der Waals surface area (Å²) in [5, 5.41) is 2.73. The molecule has 126 valence electrons. The highest BCUT2D eigenvalue weighted by Gasteiger charge is 2.36. The van der Waals surface area contributed by atoms with E-state index in [0.717, 1.165) is 6.42 Å². The number of carbonyl (C=O) groups excluding carboxylic acids is 2. The summed E-state index contributed by atoms with van der Waals surface area (Å²) in [6.45, 7) is 5.89. The molecule has 0 aromatic carbocycles. The van der Waals surface area contributed by atoms with Crippen molar-refractivity contribution in [1.29, 1.82) is 0 Å². The second kappa shape index (κ2) is 6.74. The van der Waals surface area contributed by atoms with Crippen LogP contribution in [0.25, 0.3) is 0 Å². The van der Waals surface area contributed by atoms with Gasteiger partial charge in [0.2, 0.25) is 5.91 Å². The summed E-state index contributed by atoms with van der Waals surface area (Å²) in [4.78, 5) is 30.2. The minimum atomic E-state index is -0.598. The highest BCUT2D eigenvalue weighted by atomic mass is 79.9. The maximum absolute atomic E-state index is 12.5. The summed E-state index contributed by atoms with van der Waals surface area (Å²) >= 11 is 3.28. The van der Waals surface area contributed by atoms with Gasteiger partial charge < -0.3 is 15.8 Å². The molecule has 7 nitrogen and oxygen atoms in total. The fourth-order valence-electron chi connectivity index (χ4n) is 2.34. The number of anilines is 2. The number of rotatable bonds is 2. The van der Waals surface area contributed by atoms with Crippen molar-refractivity contribution < 1.29 is 14.3 Å². The lowest BCUT2D eigenvalue weighted by molar-refractivity contribution is -0.120. The van der Waals surface area contributed by atoms with E-state index >= 15 is 0 Å². The van der Waals surface area contributed by atoms with Crippen LogP contribution in [0.5, 0.6) is 0 Å². The highest BCUT2D eigenvalue weighted by Crippen LogP contribution is 2.25. The first kappa shape index (κ1) is 17.5. The fraction of sp³-hybridized carbons (Fsp3) is 0.533. The number of nitrogens with one attached hydrogen (secondary N) is 1. The lowest BCUT2D eigenvalue weighted by Crippen LogP contribution is -2.45. The molecule has 0 bridgehead atoms. The van der Waals surface area contributed by atoms with Crippen LogP contribution in [0.3, 0.4) is 0 Å². The molecule has 1 saturated heterocycles. The van der Waals surface area contributed by atoms with Gasteiger partial charge in [0.1, 0.15) is 17.5 Å². The van der Waals surface area contributed by atoms with Crippen molar-refractivity contribution in [3.63, 3.8) is 0 Å². The molecule has 8 heteroatoms. The van der Waals surface area contributed by atoms with Gasteiger partial charge in [0.25, 0.3) is 0 Å². The van der Waals surface area contributed by atoms with Crippen LogP contribution in [-0.4, -0.2) is 40.1 Å². The zero-order valence-corrected chi connectivity index (χ0v) is 15.0. The van der Waals surface area contributed by atoms with Gasteiger partial charge in [-0.25, -0.2) is 9.78 Å². The predicted molar refractivity (Wildman–Crippen MR) is 90.9 cm³/mol. The zero-order chi connectivity index (χ0) is 17.2. The molecular formula is C15H21BrN4O3. The predicted octanol–water partition coefficient (Wildman–Crippen LogP) is 2.76. The number of nitrogens with zero attached hydrogens (tertiary/aromatic N) is 2. The quantitative estimate of drug-likeness (QED) is 0.816. The summed E-state index contributed by atoms with van der Waals surface area (Å²) < 4.78 is 6.06. The van der Waals surface area contributed by atoms with E-state index in [9.17, 15) is 9.59 Å². The van der Waals surface area contributed by atoms with Gasteiger partial charge >= 0.3 is 6.09 Å². The Morgan fingerprint density at radius 1 is 1.48 bits per heavy atom. The fourth-order valence-corrected chi connectivity index (χ4v) is 2.68. The van der Waals surface area contributed by atoms with Gasteiger partial charge in [-0.15, -0.1) is 0 Å². The third-order valence-corrected chi connectivity index (χ3v) is 3.76. The van der Waals surface area contributed by atoms with Crippen molar-refractivity contribution in [2.75, 3.05) is 17.6 Å². The van der Waals surface area contributed by atoms with Crippen molar-refractivity contribution in [1.82, 2.24) is 9.88 Å². The maximum atomic E-state index is 12.5. The molecule has 2 heterocycles. The zero-order valence-electron chi connectivity index (χ0n) is 13.4. The number of pyridine rings is 1. The van der Waals surface area contributed by atoms with E-state index in [0.29, 0.717) is 23.1 Å². The molecule has 1 aliphatic rings. The number of ether oxygens (including phenoxy) is 1. The molecule has 0 spiro atoms. The van der Waals surface area contributed by atoms with E-state index in [1.54, 1.807) is 33.0 Å². The molecular weight excluding hydrogens is 364 g/mol. The van der Waals surface area contributed by atoms with Gasteiger partial charge in [0, 0.05) is 17.2 Å². The van der Waals surface area contributed by atoms with E-state index in [2.05, 4.69) is 26.2 Å². The van der Waals surface area contributed by atoms with Crippen molar-refractivity contribution in [3.05, 3.63) is 16.7 Å². The Bertz CT molecular complexity index is 615. The second-order valence-corrected chi connectivity index (χ2v) is 7.32. The molecule has 0 aliphatic carbocycles. The number of carbonyl (C=O) groups is 2. The van der Waals surface area contributed by atoms with Gasteiger partial charge in [-0.3, -0.25) is 9.69 Å². The summed E-state index contributed by atoms with van der Waals surface area (Å²) in [6.07, 6.45) is 2.42. The minimum Gasteiger partial charge on any atom is -0.444 e. The highest BCUT2D eigenvalue weighted by molar-refractivity contribution is 9.10. The third-order valence-electron chi connectivity index (χ3n) is 3.33. The average Bonchev–Trinajstić information content (AvgIpc) is 2.90. The molecule has 0 unspecified atom stereocenters. The normalized spacial score (nSPS) is 17.9. The van der Waals surface area contributed by atoms with Crippen LogP contribution in [0.15, 0.2) is 16.7 Å². The average molecular weight is 385 g/mol. The molecule has 3 N–H and O–H groups in total. The van der Waals surface area contributed by atoms with E-state index in [1.807, 2.05) is 0 Å². The Morgan fingerprint density at radius 2 is 2.17 bits per heavy atom. The molecule has 0 saturated carbocycles. The van der Waals surface area contributed by atoms with E-state index in [-0.39, 0.29) is 11.7 Å². The van der Waals surface area contributed by atoms with Gasteiger partial charge in [-0.05, 0) is 55.6 Å². The van der Waals surface area contributed by atoms with Crippen LogP contribution in [0.4, 0.5) is 16.3 Å². The SMILES string of the molecule is CC(C)(C)OC(=O)N1CCC[C@H]1C(=O)Nc1cc(Br)cnc1N. The van der Waals surface area contributed by atoms with Crippen molar-refractivity contribution in [3.8, 4) is 0 Å². The number of nitrogen functional groups attached to an aromatic ring is 1. The molecule has 2 amide bonds. The Kier molecular flexibility index (Phi) is 5.13. The van der Waals surface area contributed by atoms with E-state index < -0.39 is 17.7 Å². The van der Waals surface area contributed by atoms with Gasteiger partial charge in [0.05, 0.1) is 5.69 Å². The minimum absolute atomic E-state index is 0.225. The van der Waals surface area contributed by atoms with Crippen LogP contribution in [0, 0.1) is 0 Å². The standard InChI is InChI=1S/C15H21BrN4O3/c1-15(2,3)23-14(22)20-6-4-5-11(20)13(21)19-10-7-9(16)8-18-12(10)17/h7-8,11H,4-6H2,1-3H3,(H2,17,18)(H,19,21)/t11-/m0/s1. The number of hydrogen-bond donors (Lipinski definition) is 2. The first-order chi connectivity index (χ1) is 10.7. The first-order valence-corrected chi connectivity index (χ1v) is 8.18. The lowest BCUT2D eigenvalue weighted by atomic mass is 10.2. The summed E-state index contributed by atoms with van der Waals surface area (Å²) in [5.74, 6) is -0.0664. The molecule has 1 aromatic heterocycles.